The van der Waals surface area contributed by atoms with Crippen molar-refractivity contribution < 1.29 is 23.4 Å². The summed E-state index contributed by atoms with van der Waals surface area (Å²) in [5.74, 6) is -1.19. The maximum absolute atomic E-state index is 12.2. The van der Waals surface area contributed by atoms with Gasteiger partial charge in [0.2, 0.25) is 10.0 Å². The van der Waals surface area contributed by atoms with Gasteiger partial charge >= 0.3 is 5.97 Å². The van der Waals surface area contributed by atoms with Crippen molar-refractivity contribution in [3.63, 3.8) is 0 Å². The molecule has 3 N–H and O–H groups in total. The Balaban J connectivity index is 3.05. The summed E-state index contributed by atoms with van der Waals surface area (Å²) in [7, 11) is -3.84. The van der Waals surface area contributed by atoms with Crippen LogP contribution >= 0.6 is 15.9 Å². The summed E-state index contributed by atoms with van der Waals surface area (Å²) in [6.07, 6.45) is 0.271. The monoisotopic (exact) mass is 379 g/mol. The van der Waals surface area contributed by atoms with E-state index in [-0.39, 0.29) is 17.0 Å². The van der Waals surface area contributed by atoms with Crippen molar-refractivity contribution in [2.75, 3.05) is 6.54 Å². The zero-order valence-corrected chi connectivity index (χ0v) is 14.2. The van der Waals surface area contributed by atoms with Crippen LogP contribution in [0.5, 0.6) is 0 Å². The number of aromatic carboxylic acids is 1. The second kappa shape index (κ2) is 7.35. The number of sulfonamides is 1. The second-order valence-electron chi connectivity index (χ2n) is 4.66. The molecule has 8 heteroatoms. The van der Waals surface area contributed by atoms with E-state index in [0.29, 0.717) is 22.9 Å². The molecule has 1 aromatic carbocycles. The van der Waals surface area contributed by atoms with Crippen molar-refractivity contribution in [3.8, 4) is 0 Å². The maximum Gasteiger partial charge on any atom is 0.335 e. The number of nitrogens with one attached hydrogen (secondary N) is 1. The van der Waals surface area contributed by atoms with Crippen LogP contribution in [-0.2, 0) is 10.0 Å². The standard InChI is InChI=1S/C13H18BrNO5S/c1-3-10(16)4-5-15-21(19,20)11-7-9(13(17)18)6-8(2)12(11)14/h6-7,10,15-16H,3-5H2,1-2H3,(H,17,18). The number of benzene rings is 1. The molecule has 0 saturated carbocycles. The van der Waals surface area contributed by atoms with Crippen LogP contribution in [0, 0.1) is 6.92 Å². The molecule has 1 aromatic rings. The molecule has 0 radical (unpaired) electrons. The van der Waals surface area contributed by atoms with Crippen LogP contribution in [0.25, 0.3) is 0 Å². The minimum Gasteiger partial charge on any atom is -0.478 e. The first-order chi connectivity index (χ1) is 9.69. The van der Waals surface area contributed by atoms with Gasteiger partial charge in [0.15, 0.2) is 0 Å². The lowest BCUT2D eigenvalue weighted by atomic mass is 10.1. The molecule has 0 aliphatic rings. The highest BCUT2D eigenvalue weighted by Crippen LogP contribution is 2.27. The Bertz CT molecular complexity index is 630. The van der Waals surface area contributed by atoms with E-state index in [1.165, 1.54) is 6.07 Å². The van der Waals surface area contributed by atoms with Crippen LogP contribution in [0.2, 0.25) is 0 Å². The predicted octanol–water partition coefficient (Wildman–Crippen LogP) is 1.90. The molecule has 0 bridgehead atoms. The Morgan fingerprint density at radius 2 is 2.05 bits per heavy atom. The Hall–Kier alpha value is -0.960. The fourth-order valence-corrected chi connectivity index (χ4v) is 3.79. The van der Waals surface area contributed by atoms with Crippen LogP contribution in [0.15, 0.2) is 21.5 Å². The van der Waals surface area contributed by atoms with Crippen LogP contribution in [0.1, 0.15) is 35.7 Å². The number of aliphatic hydroxyl groups is 1. The van der Waals surface area contributed by atoms with Gasteiger partial charge in [-0.3, -0.25) is 0 Å². The molecule has 1 atom stereocenters. The minimum absolute atomic E-state index is 0.0835. The number of carboxylic acids is 1. The number of hydrogen-bond donors (Lipinski definition) is 3. The quantitative estimate of drug-likeness (QED) is 0.670. The van der Waals surface area contributed by atoms with Gasteiger partial charge in [0.05, 0.1) is 16.6 Å². The number of halogens is 1. The van der Waals surface area contributed by atoms with Crippen molar-refractivity contribution in [2.45, 2.75) is 37.7 Å². The third-order valence-electron chi connectivity index (χ3n) is 3.00. The minimum atomic E-state index is -3.84. The van der Waals surface area contributed by atoms with Gasteiger partial charge in [-0.25, -0.2) is 17.9 Å². The lowest BCUT2D eigenvalue weighted by Gasteiger charge is -2.12. The fraction of sp³-hybridized carbons (Fsp3) is 0.462. The van der Waals surface area contributed by atoms with Crippen LogP contribution in [0.3, 0.4) is 0 Å². The Labute approximate surface area is 132 Å². The summed E-state index contributed by atoms with van der Waals surface area (Å²) in [4.78, 5) is 10.9. The van der Waals surface area contributed by atoms with E-state index in [9.17, 15) is 18.3 Å². The molecule has 21 heavy (non-hydrogen) atoms. The molecule has 1 unspecified atom stereocenters. The fourth-order valence-electron chi connectivity index (χ4n) is 1.70. The smallest absolute Gasteiger partial charge is 0.335 e. The summed E-state index contributed by atoms with van der Waals surface area (Å²) in [5, 5.41) is 18.4. The van der Waals surface area contributed by atoms with E-state index in [1.807, 2.05) is 0 Å². The molecule has 0 aliphatic carbocycles. The molecule has 0 saturated heterocycles. The van der Waals surface area contributed by atoms with Gasteiger partial charge < -0.3 is 10.2 Å². The average molecular weight is 380 g/mol. The third-order valence-corrected chi connectivity index (χ3v) is 5.80. The Kier molecular flexibility index (Phi) is 6.33. The molecule has 0 spiro atoms. The first-order valence-electron chi connectivity index (χ1n) is 6.40. The second-order valence-corrected chi connectivity index (χ2v) is 7.19. The highest BCUT2D eigenvalue weighted by Gasteiger charge is 2.21. The molecule has 0 amide bonds. The van der Waals surface area contributed by atoms with Crippen molar-refractivity contribution >= 4 is 31.9 Å². The van der Waals surface area contributed by atoms with Gasteiger partial charge in [0.25, 0.3) is 0 Å². The van der Waals surface area contributed by atoms with E-state index in [1.54, 1.807) is 13.8 Å². The molecule has 0 aliphatic heterocycles. The molecule has 118 valence electrons. The SMILES string of the molecule is CCC(O)CCNS(=O)(=O)c1cc(C(=O)O)cc(C)c1Br. The van der Waals surface area contributed by atoms with Gasteiger partial charge in [-0.2, -0.15) is 0 Å². The van der Waals surface area contributed by atoms with Crippen molar-refractivity contribution in [1.29, 1.82) is 0 Å². The van der Waals surface area contributed by atoms with Gasteiger partial charge in [0.1, 0.15) is 0 Å². The van der Waals surface area contributed by atoms with Crippen molar-refractivity contribution in [3.05, 3.63) is 27.7 Å². The summed E-state index contributed by atoms with van der Waals surface area (Å²) in [5.41, 5.74) is 0.425. The number of aliphatic hydroxyl groups excluding tert-OH is 1. The largest absolute Gasteiger partial charge is 0.478 e. The van der Waals surface area contributed by atoms with Crippen molar-refractivity contribution in [1.82, 2.24) is 4.72 Å². The van der Waals surface area contributed by atoms with Gasteiger partial charge in [-0.1, -0.05) is 6.92 Å². The summed E-state index contributed by atoms with van der Waals surface area (Å²) >= 11 is 3.17. The lowest BCUT2D eigenvalue weighted by Crippen LogP contribution is -2.28. The number of carboxylic acid groups (broad SMARTS) is 1. The summed E-state index contributed by atoms with van der Waals surface area (Å²) in [6, 6.07) is 2.50. The topological polar surface area (TPSA) is 104 Å². The van der Waals surface area contributed by atoms with Crippen LogP contribution in [-0.4, -0.2) is 37.2 Å². The molecule has 0 heterocycles. The molecule has 0 aromatic heterocycles. The predicted molar refractivity (Wildman–Crippen MR) is 81.9 cm³/mol. The van der Waals surface area contributed by atoms with Gasteiger partial charge in [-0.05, 0) is 53.4 Å². The molecular formula is C13H18BrNO5S. The van der Waals surface area contributed by atoms with Crippen molar-refractivity contribution in [2.24, 2.45) is 0 Å². The van der Waals surface area contributed by atoms with Gasteiger partial charge in [-0.15, -0.1) is 0 Å². The van der Waals surface area contributed by atoms with Crippen LogP contribution < -0.4 is 4.72 Å². The maximum atomic E-state index is 12.2. The highest BCUT2D eigenvalue weighted by atomic mass is 79.9. The van der Waals surface area contributed by atoms with E-state index in [2.05, 4.69) is 20.7 Å². The molecular weight excluding hydrogens is 362 g/mol. The number of hydrogen-bond acceptors (Lipinski definition) is 4. The number of rotatable bonds is 7. The first kappa shape index (κ1) is 18.1. The molecule has 6 nitrogen and oxygen atoms in total. The average Bonchev–Trinajstić information content (AvgIpc) is 2.40. The van der Waals surface area contributed by atoms with E-state index < -0.39 is 22.1 Å². The number of aryl methyl sites for hydroxylation is 1. The molecule has 0 fully saturated rings. The lowest BCUT2D eigenvalue weighted by molar-refractivity contribution is 0.0696. The summed E-state index contributed by atoms with van der Waals surface area (Å²) < 4.78 is 27.2. The Morgan fingerprint density at radius 1 is 1.43 bits per heavy atom. The summed E-state index contributed by atoms with van der Waals surface area (Å²) in [6.45, 7) is 3.51. The van der Waals surface area contributed by atoms with E-state index in [4.69, 9.17) is 5.11 Å². The molecule has 1 rings (SSSR count). The number of carbonyl (C=O) groups is 1. The van der Waals surface area contributed by atoms with Crippen LogP contribution in [0.4, 0.5) is 0 Å². The normalized spacial score (nSPS) is 13.1. The van der Waals surface area contributed by atoms with E-state index in [0.717, 1.165) is 6.07 Å². The zero-order valence-electron chi connectivity index (χ0n) is 11.8. The zero-order chi connectivity index (χ0) is 16.2. The Morgan fingerprint density at radius 3 is 2.57 bits per heavy atom. The highest BCUT2D eigenvalue weighted by molar-refractivity contribution is 9.10. The first-order valence-corrected chi connectivity index (χ1v) is 8.67. The third kappa shape index (κ3) is 4.77. The van der Waals surface area contributed by atoms with Gasteiger partial charge in [0, 0.05) is 11.0 Å². The van der Waals surface area contributed by atoms with E-state index >= 15 is 0 Å².